The van der Waals surface area contributed by atoms with E-state index in [-0.39, 0.29) is 0 Å². The number of oxazole rings is 1. The molecule has 68 valence electrons. The van der Waals surface area contributed by atoms with E-state index in [4.69, 9.17) is 8.94 Å². The largest absolute Gasteiger partial charge is 0.440 e. The van der Waals surface area contributed by atoms with Crippen molar-refractivity contribution >= 4 is 11.8 Å². The lowest BCUT2D eigenvalue weighted by molar-refractivity contribution is 0.386. The van der Waals surface area contributed by atoms with Crippen LogP contribution in [0.15, 0.2) is 26.6 Å². The van der Waals surface area contributed by atoms with Gasteiger partial charge in [0, 0.05) is 0 Å². The summed E-state index contributed by atoms with van der Waals surface area (Å²) in [4.78, 5) is 7.99. The number of hydrogen-bond donors (Lipinski definition) is 0. The number of rotatable bonds is 3. The lowest BCUT2D eigenvalue weighted by Crippen LogP contribution is -1.80. The molecular formula is C7H7N3O2S. The first-order valence-corrected chi connectivity index (χ1v) is 4.64. The maximum Gasteiger partial charge on any atom is 0.256 e. The lowest BCUT2D eigenvalue weighted by atomic mass is 10.7. The van der Waals surface area contributed by atoms with Crippen LogP contribution >= 0.6 is 11.8 Å². The molecule has 2 rings (SSSR count). The van der Waals surface area contributed by atoms with Gasteiger partial charge in [0.15, 0.2) is 5.82 Å². The van der Waals surface area contributed by atoms with E-state index >= 15 is 0 Å². The van der Waals surface area contributed by atoms with Crippen molar-refractivity contribution in [2.75, 3.05) is 0 Å². The fourth-order valence-electron chi connectivity index (χ4n) is 0.804. The number of aryl methyl sites for hydroxylation is 1. The normalized spacial score (nSPS) is 10.5. The second-order valence-electron chi connectivity index (χ2n) is 2.32. The summed E-state index contributed by atoms with van der Waals surface area (Å²) in [6.45, 7) is 1.78. The highest BCUT2D eigenvalue weighted by Crippen LogP contribution is 2.19. The van der Waals surface area contributed by atoms with Crippen molar-refractivity contribution in [1.29, 1.82) is 0 Å². The zero-order valence-corrected chi connectivity index (χ0v) is 7.74. The molecule has 0 saturated heterocycles. The van der Waals surface area contributed by atoms with Crippen molar-refractivity contribution in [2.24, 2.45) is 0 Å². The van der Waals surface area contributed by atoms with Crippen molar-refractivity contribution < 1.29 is 8.94 Å². The topological polar surface area (TPSA) is 65.0 Å². The van der Waals surface area contributed by atoms with Gasteiger partial charge in [-0.25, -0.2) is 4.98 Å². The quantitative estimate of drug-likeness (QED) is 0.697. The second-order valence-corrected chi connectivity index (χ2v) is 3.25. The predicted molar refractivity (Wildman–Crippen MR) is 45.1 cm³/mol. The van der Waals surface area contributed by atoms with E-state index in [1.165, 1.54) is 18.0 Å². The van der Waals surface area contributed by atoms with Crippen LogP contribution in [-0.4, -0.2) is 15.1 Å². The molecule has 13 heavy (non-hydrogen) atoms. The molecule has 5 nitrogen and oxygen atoms in total. The van der Waals surface area contributed by atoms with E-state index in [1.807, 2.05) is 0 Å². The van der Waals surface area contributed by atoms with Crippen molar-refractivity contribution in [3.63, 3.8) is 0 Å². The van der Waals surface area contributed by atoms with E-state index < -0.39 is 0 Å². The Kier molecular flexibility index (Phi) is 2.31. The first-order chi connectivity index (χ1) is 6.34. The van der Waals surface area contributed by atoms with Gasteiger partial charge in [-0.2, -0.15) is 4.98 Å². The summed E-state index contributed by atoms with van der Waals surface area (Å²) in [5.74, 6) is 1.81. The van der Waals surface area contributed by atoms with Crippen LogP contribution in [0.2, 0.25) is 0 Å². The Bertz CT molecular complexity index is 371. The predicted octanol–water partition coefficient (Wildman–Crippen LogP) is 1.66. The first kappa shape index (κ1) is 8.31. The van der Waals surface area contributed by atoms with Crippen molar-refractivity contribution in [2.45, 2.75) is 17.9 Å². The number of aromatic nitrogens is 3. The standard InChI is InChI=1S/C7H7N3O2S/c1-5-9-6(12-10-5)4-13-7-8-2-3-11-7/h2-3H,4H2,1H3. The van der Waals surface area contributed by atoms with E-state index in [9.17, 15) is 0 Å². The molecule has 2 aromatic heterocycles. The van der Waals surface area contributed by atoms with Crippen LogP contribution in [0.25, 0.3) is 0 Å². The monoisotopic (exact) mass is 197 g/mol. The smallest absolute Gasteiger partial charge is 0.256 e. The van der Waals surface area contributed by atoms with Gasteiger partial charge in [-0.05, 0) is 6.92 Å². The third-order valence-corrected chi connectivity index (χ3v) is 2.14. The molecule has 0 aliphatic heterocycles. The van der Waals surface area contributed by atoms with Gasteiger partial charge >= 0.3 is 0 Å². The summed E-state index contributed by atoms with van der Waals surface area (Å²) in [7, 11) is 0. The van der Waals surface area contributed by atoms with E-state index in [2.05, 4.69) is 15.1 Å². The van der Waals surface area contributed by atoms with Gasteiger partial charge in [-0.3, -0.25) is 0 Å². The van der Waals surface area contributed by atoms with E-state index in [0.717, 1.165) is 0 Å². The van der Waals surface area contributed by atoms with Crippen LogP contribution in [0, 0.1) is 6.92 Å². The number of nitrogens with zero attached hydrogens (tertiary/aromatic N) is 3. The Hall–Kier alpha value is -1.30. The molecule has 0 aliphatic rings. The zero-order valence-electron chi connectivity index (χ0n) is 6.93. The first-order valence-electron chi connectivity index (χ1n) is 3.66. The fraction of sp³-hybridized carbons (Fsp3) is 0.286. The Morgan fingerprint density at radius 3 is 3.08 bits per heavy atom. The minimum absolute atomic E-state index is 0.584. The maximum atomic E-state index is 5.02. The Balaban J connectivity index is 1.93. The molecule has 0 spiro atoms. The third kappa shape index (κ3) is 2.09. The molecule has 0 aliphatic carbocycles. The van der Waals surface area contributed by atoms with Crippen LogP contribution in [-0.2, 0) is 5.75 Å². The molecule has 0 radical (unpaired) electrons. The highest BCUT2D eigenvalue weighted by molar-refractivity contribution is 7.98. The summed E-state index contributed by atoms with van der Waals surface area (Å²) in [6.07, 6.45) is 3.13. The summed E-state index contributed by atoms with van der Waals surface area (Å²) in [5, 5.41) is 4.27. The second kappa shape index (κ2) is 3.61. The van der Waals surface area contributed by atoms with Crippen LogP contribution in [0.1, 0.15) is 11.7 Å². The number of thioether (sulfide) groups is 1. The van der Waals surface area contributed by atoms with Gasteiger partial charge in [0.05, 0.1) is 11.9 Å². The molecule has 0 bridgehead atoms. The molecule has 6 heteroatoms. The maximum absolute atomic E-state index is 5.02. The summed E-state index contributed by atoms with van der Waals surface area (Å²) in [5.41, 5.74) is 0. The Morgan fingerprint density at radius 2 is 2.46 bits per heavy atom. The molecule has 0 saturated carbocycles. The average Bonchev–Trinajstić information content (AvgIpc) is 2.71. The van der Waals surface area contributed by atoms with Crippen molar-refractivity contribution in [3.8, 4) is 0 Å². The number of hydrogen-bond acceptors (Lipinski definition) is 6. The fourth-order valence-corrected chi connectivity index (χ4v) is 1.43. The molecule has 0 aromatic carbocycles. The van der Waals surface area contributed by atoms with Crippen LogP contribution < -0.4 is 0 Å². The SMILES string of the molecule is Cc1noc(CSc2ncco2)n1. The molecule has 0 unspecified atom stereocenters. The van der Waals surface area contributed by atoms with Gasteiger partial charge < -0.3 is 8.94 Å². The van der Waals surface area contributed by atoms with E-state index in [1.54, 1.807) is 13.1 Å². The minimum Gasteiger partial charge on any atom is -0.440 e. The average molecular weight is 197 g/mol. The molecule has 0 N–H and O–H groups in total. The molecule has 2 heterocycles. The zero-order chi connectivity index (χ0) is 9.10. The Labute approximate surface area is 78.5 Å². The highest BCUT2D eigenvalue weighted by atomic mass is 32.2. The third-order valence-electron chi connectivity index (χ3n) is 1.30. The van der Waals surface area contributed by atoms with Crippen molar-refractivity contribution in [3.05, 3.63) is 24.2 Å². The lowest BCUT2D eigenvalue weighted by Gasteiger charge is -1.88. The van der Waals surface area contributed by atoms with Gasteiger partial charge in [0.1, 0.15) is 6.26 Å². The van der Waals surface area contributed by atoms with Gasteiger partial charge in [-0.15, -0.1) is 0 Å². The highest BCUT2D eigenvalue weighted by Gasteiger charge is 2.05. The Morgan fingerprint density at radius 1 is 1.54 bits per heavy atom. The van der Waals surface area contributed by atoms with Crippen molar-refractivity contribution in [1.82, 2.24) is 15.1 Å². The summed E-state index contributed by atoms with van der Waals surface area (Å²) < 4.78 is 9.94. The van der Waals surface area contributed by atoms with Gasteiger partial charge in [-0.1, -0.05) is 16.9 Å². The molecular weight excluding hydrogens is 190 g/mol. The summed E-state index contributed by atoms with van der Waals surface area (Å²) in [6, 6.07) is 0. The summed E-state index contributed by atoms with van der Waals surface area (Å²) >= 11 is 1.42. The molecule has 0 amide bonds. The molecule has 2 aromatic rings. The van der Waals surface area contributed by atoms with E-state index in [0.29, 0.717) is 22.7 Å². The van der Waals surface area contributed by atoms with Crippen LogP contribution in [0.3, 0.4) is 0 Å². The van der Waals surface area contributed by atoms with Gasteiger partial charge in [0.25, 0.3) is 5.22 Å². The molecule has 0 fully saturated rings. The van der Waals surface area contributed by atoms with Gasteiger partial charge in [0.2, 0.25) is 5.89 Å². The molecule has 0 atom stereocenters. The van der Waals surface area contributed by atoms with Crippen LogP contribution in [0.5, 0.6) is 0 Å². The minimum atomic E-state index is 0.584. The van der Waals surface area contributed by atoms with Crippen LogP contribution in [0.4, 0.5) is 0 Å².